The maximum Gasteiger partial charge on any atom is 0.338 e. The van der Waals surface area contributed by atoms with Crippen LogP contribution in [0.15, 0.2) is 42.5 Å². The largest absolute Gasteiger partial charge is 0.456 e. The van der Waals surface area contributed by atoms with Crippen LogP contribution in [0.4, 0.5) is 14.5 Å². The van der Waals surface area contributed by atoms with Crippen molar-refractivity contribution >= 4 is 17.4 Å². The summed E-state index contributed by atoms with van der Waals surface area (Å²) in [4.78, 5) is 21.7. The fourth-order valence-electron chi connectivity index (χ4n) is 1.71. The molecule has 0 radical (unpaired) electrons. The lowest BCUT2D eigenvalue weighted by atomic mass is 10.1. The summed E-state index contributed by atoms with van der Waals surface area (Å²) in [5.41, 5.74) is -0.218. The first-order chi connectivity index (χ1) is 10.9. The predicted octanol–water partition coefficient (Wildman–Crippen LogP) is 3.10. The van der Waals surface area contributed by atoms with Crippen molar-refractivity contribution in [1.82, 2.24) is 0 Å². The number of carbonyl (C=O) groups is 1. The molecule has 2 aromatic carbocycles. The van der Waals surface area contributed by atoms with Crippen molar-refractivity contribution in [1.29, 1.82) is 5.41 Å². The van der Waals surface area contributed by atoms with E-state index in [0.717, 1.165) is 24.3 Å². The Kier molecular flexibility index (Phi) is 4.75. The molecule has 0 heterocycles. The van der Waals surface area contributed by atoms with Crippen LogP contribution in [0.25, 0.3) is 0 Å². The van der Waals surface area contributed by atoms with Gasteiger partial charge in [0.1, 0.15) is 6.61 Å². The Morgan fingerprint density at radius 2 is 1.70 bits per heavy atom. The van der Waals surface area contributed by atoms with Crippen molar-refractivity contribution in [2.75, 3.05) is 6.61 Å². The second kappa shape index (κ2) is 6.73. The summed E-state index contributed by atoms with van der Waals surface area (Å²) in [5, 5.41) is 18.2. The minimum absolute atomic E-state index is 0.0775. The molecule has 0 aromatic heterocycles. The van der Waals surface area contributed by atoms with Gasteiger partial charge in [0.15, 0.2) is 11.6 Å². The van der Waals surface area contributed by atoms with E-state index >= 15 is 0 Å². The molecule has 0 saturated carbocycles. The molecule has 0 aliphatic rings. The topological polar surface area (TPSA) is 93.3 Å². The van der Waals surface area contributed by atoms with Gasteiger partial charge in [-0.05, 0) is 30.3 Å². The van der Waals surface area contributed by atoms with E-state index in [1.165, 1.54) is 18.2 Å². The average Bonchev–Trinajstić information content (AvgIpc) is 2.54. The zero-order valence-electron chi connectivity index (χ0n) is 11.6. The molecule has 0 bridgehead atoms. The first kappa shape index (κ1) is 16.2. The Bertz CT molecular complexity index is 776. The lowest BCUT2D eigenvalue weighted by Gasteiger charge is -2.07. The third-order valence-electron chi connectivity index (χ3n) is 2.93. The molecule has 0 aliphatic carbocycles. The van der Waals surface area contributed by atoms with Crippen LogP contribution < -0.4 is 0 Å². The lowest BCUT2D eigenvalue weighted by Crippen LogP contribution is -2.14. The van der Waals surface area contributed by atoms with Crippen molar-refractivity contribution in [2.24, 2.45) is 0 Å². The number of hydrogen-bond donors (Lipinski definition) is 1. The monoisotopic (exact) mass is 320 g/mol. The molecule has 0 amide bonds. The van der Waals surface area contributed by atoms with Gasteiger partial charge in [0.05, 0.1) is 16.2 Å². The van der Waals surface area contributed by atoms with E-state index in [4.69, 9.17) is 10.1 Å². The van der Waals surface area contributed by atoms with Gasteiger partial charge in [-0.15, -0.1) is 0 Å². The third kappa shape index (κ3) is 3.94. The van der Waals surface area contributed by atoms with Crippen molar-refractivity contribution in [3.8, 4) is 0 Å². The Balaban J connectivity index is 1.99. The molecular formula is C15H10F2N2O4. The summed E-state index contributed by atoms with van der Waals surface area (Å²) < 4.78 is 30.7. The second-order valence-corrected chi connectivity index (χ2v) is 4.49. The number of nitrogens with zero attached hydrogens (tertiary/aromatic N) is 1. The van der Waals surface area contributed by atoms with E-state index in [1.807, 2.05) is 0 Å². The molecule has 0 saturated heterocycles. The first-order valence-electron chi connectivity index (χ1n) is 6.33. The number of esters is 1. The van der Waals surface area contributed by atoms with E-state index < -0.39 is 29.1 Å². The number of carbonyl (C=O) groups excluding carboxylic acids is 1. The van der Waals surface area contributed by atoms with Gasteiger partial charge in [-0.3, -0.25) is 10.1 Å². The van der Waals surface area contributed by atoms with Crippen LogP contribution in [0.3, 0.4) is 0 Å². The number of non-ortho nitro benzene ring substituents is 1. The summed E-state index contributed by atoms with van der Waals surface area (Å²) in [6, 6.07) is 7.65. The van der Waals surface area contributed by atoms with Crippen LogP contribution in [-0.2, 0) is 4.74 Å². The minimum atomic E-state index is -1.10. The van der Waals surface area contributed by atoms with Crippen molar-refractivity contribution < 1.29 is 23.2 Å². The van der Waals surface area contributed by atoms with Crippen LogP contribution in [0.1, 0.15) is 15.9 Å². The van der Waals surface area contributed by atoms with E-state index in [-0.39, 0.29) is 22.5 Å². The number of halogens is 2. The highest BCUT2D eigenvalue weighted by Crippen LogP contribution is 2.13. The highest BCUT2D eigenvalue weighted by atomic mass is 19.2. The van der Waals surface area contributed by atoms with Crippen molar-refractivity contribution in [3.63, 3.8) is 0 Å². The molecule has 23 heavy (non-hydrogen) atoms. The van der Waals surface area contributed by atoms with Gasteiger partial charge in [0.25, 0.3) is 5.69 Å². The standard InChI is InChI=1S/C15H10F2N2O4/c16-12-6-3-10(7-13(12)17)14(18)8-23-15(20)9-1-4-11(5-2-9)19(21)22/h1-7,18H,8H2. The second-order valence-electron chi connectivity index (χ2n) is 4.49. The van der Waals surface area contributed by atoms with Gasteiger partial charge in [-0.1, -0.05) is 0 Å². The summed E-state index contributed by atoms with van der Waals surface area (Å²) in [6.07, 6.45) is 0. The highest BCUT2D eigenvalue weighted by molar-refractivity contribution is 6.01. The molecule has 1 N–H and O–H groups in total. The number of ether oxygens (including phenoxy) is 1. The fraction of sp³-hybridized carbons (Fsp3) is 0.0667. The SMILES string of the molecule is N=C(COC(=O)c1ccc([N+](=O)[O-])cc1)c1ccc(F)c(F)c1. The molecule has 0 fully saturated rings. The highest BCUT2D eigenvalue weighted by Gasteiger charge is 2.13. The van der Waals surface area contributed by atoms with E-state index in [2.05, 4.69) is 0 Å². The zero-order valence-corrected chi connectivity index (χ0v) is 11.6. The number of hydrogen-bond acceptors (Lipinski definition) is 5. The molecule has 6 nitrogen and oxygen atoms in total. The quantitative estimate of drug-likeness (QED) is 0.396. The Morgan fingerprint density at radius 3 is 2.26 bits per heavy atom. The van der Waals surface area contributed by atoms with Crippen LogP contribution >= 0.6 is 0 Å². The number of rotatable bonds is 5. The summed E-state index contributed by atoms with van der Waals surface area (Å²) in [5.74, 6) is -2.93. The average molecular weight is 320 g/mol. The van der Waals surface area contributed by atoms with Crippen LogP contribution in [0.2, 0.25) is 0 Å². The number of benzene rings is 2. The summed E-state index contributed by atoms with van der Waals surface area (Å²) in [7, 11) is 0. The minimum Gasteiger partial charge on any atom is -0.456 e. The maximum atomic E-state index is 13.1. The summed E-state index contributed by atoms with van der Waals surface area (Å²) in [6.45, 7) is -0.444. The fourth-order valence-corrected chi connectivity index (χ4v) is 1.71. The normalized spacial score (nSPS) is 10.2. The molecule has 0 aliphatic heterocycles. The smallest absolute Gasteiger partial charge is 0.338 e. The molecule has 2 aromatic rings. The molecule has 118 valence electrons. The molecule has 8 heteroatoms. The third-order valence-corrected chi connectivity index (χ3v) is 2.93. The lowest BCUT2D eigenvalue weighted by molar-refractivity contribution is -0.384. The molecular weight excluding hydrogens is 310 g/mol. The number of nitrogens with one attached hydrogen (secondary N) is 1. The van der Waals surface area contributed by atoms with Gasteiger partial charge in [0.2, 0.25) is 0 Å². The first-order valence-corrected chi connectivity index (χ1v) is 6.33. The number of nitro benzene ring substituents is 1. The Morgan fingerprint density at radius 1 is 1.09 bits per heavy atom. The summed E-state index contributed by atoms with van der Waals surface area (Å²) >= 11 is 0. The van der Waals surface area contributed by atoms with Gasteiger partial charge in [-0.2, -0.15) is 0 Å². The molecule has 0 spiro atoms. The molecule has 0 atom stereocenters. The number of nitro groups is 1. The van der Waals surface area contributed by atoms with Crippen LogP contribution in [-0.4, -0.2) is 23.2 Å². The maximum absolute atomic E-state index is 13.1. The van der Waals surface area contributed by atoms with Gasteiger partial charge in [0, 0.05) is 17.7 Å². The van der Waals surface area contributed by atoms with Gasteiger partial charge < -0.3 is 10.1 Å². The Hall–Kier alpha value is -3.16. The van der Waals surface area contributed by atoms with E-state index in [1.54, 1.807) is 0 Å². The molecule has 0 unspecified atom stereocenters. The molecule has 2 rings (SSSR count). The van der Waals surface area contributed by atoms with E-state index in [0.29, 0.717) is 0 Å². The van der Waals surface area contributed by atoms with Crippen molar-refractivity contribution in [3.05, 3.63) is 75.3 Å². The van der Waals surface area contributed by atoms with Crippen LogP contribution in [0.5, 0.6) is 0 Å². The Labute approximate surface area is 129 Å². The zero-order chi connectivity index (χ0) is 17.0. The van der Waals surface area contributed by atoms with Crippen LogP contribution in [0, 0.1) is 27.2 Å². The predicted molar refractivity (Wildman–Crippen MR) is 76.6 cm³/mol. The van der Waals surface area contributed by atoms with E-state index in [9.17, 15) is 23.7 Å². The van der Waals surface area contributed by atoms with Gasteiger partial charge in [-0.25, -0.2) is 13.6 Å². The van der Waals surface area contributed by atoms with Crippen molar-refractivity contribution in [2.45, 2.75) is 0 Å². The van der Waals surface area contributed by atoms with Gasteiger partial charge >= 0.3 is 5.97 Å².